The van der Waals surface area contributed by atoms with E-state index in [1.54, 1.807) is 13.2 Å². The highest BCUT2D eigenvalue weighted by Gasteiger charge is 2.28. The molecule has 6 nitrogen and oxygen atoms in total. The van der Waals surface area contributed by atoms with Gasteiger partial charge in [0.25, 0.3) is 0 Å². The number of carbonyl (C=O) groups is 3. The van der Waals surface area contributed by atoms with E-state index in [0.717, 1.165) is 43.2 Å². The molecule has 1 atom stereocenters. The molecule has 31 heavy (non-hydrogen) atoms. The average Bonchev–Trinajstić information content (AvgIpc) is 3.09. The number of amides is 1. The molecule has 6 heteroatoms. The molecule has 1 saturated heterocycles. The number of allylic oxidation sites excluding steroid dienone is 1. The van der Waals surface area contributed by atoms with Crippen LogP contribution in [0.25, 0.3) is 0 Å². The summed E-state index contributed by atoms with van der Waals surface area (Å²) in [6.07, 6.45) is 9.23. The van der Waals surface area contributed by atoms with E-state index in [2.05, 4.69) is 0 Å². The predicted octanol–water partition coefficient (Wildman–Crippen LogP) is 4.01. The molecule has 0 unspecified atom stereocenters. The molecule has 0 spiro atoms. The van der Waals surface area contributed by atoms with Crippen molar-refractivity contribution in [2.45, 2.75) is 70.9 Å². The second-order valence-corrected chi connectivity index (χ2v) is 7.92. The number of carbonyl (C=O) groups excluding carboxylic acids is 3. The molecular weight excluding hydrogens is 394 g/mol. The Hall–Kier alpha value is -2.47. The van der Waals surface area contributed by atoms with Gasteiger partial charge in [-0.25, -0.2) is 0 Å². The van der Waals surface area contributed by atoms with Crippen LogP contribution in [0.1, 0.15) is 63.0 Å². The molecule has 2 rings (SSSR count). The van der Waals surface area contributed by atoms with Gasteiger partial charge in [-0.15, -0.1) is 0 Å². The van der Waals surface area contributed by atoms with E-state index >= 15 is 0 Å². The quantitative estimate of drug-likeness (QED) is 0.254. The monoisotopic (exact) mass is 429 g/mol. The summed E-state index contributed by atoms with van der Waals surface area (Å²) in [5, 5.41) is 0. The van der Waals surface area contributed by atoms with Crippen molar-refractivity contribution in [3.8, 4) is 0 Å². The highest BCUT2D eigenvalue weighted by Crippen LogP contribution is 2.21. The van der Waals surface area contributed by atoms with E-state index in [0.29, 0.717) is 39.0 Å². The molecule has 170 valence electrons. The number of unbranched alkanes of at least 4 members (excludes halogenated alkanes) is 3. The van der Waals surface area contributed by atoms with Gasteiger partial charge in [0.15, 0.2) is 5.78 Å². The van der Waals surface area contributed by atoms with Crippen LogP contribution >= 0.6 is 0 Å². The SMILES string of the molecule is CCOC(=O)CCCCCCN1C(=O)CC[C@H]1/C=C/C(=O)Cc1cccc(COC)c1. The normalized spacial score (nSPS) is 16.3. The number of methoxy groups -OCH3 is 1. The zero-order valence-electron chi connectivity index (χ0n) is 18.8. The largest absolute Gasteiger partial charge is 0.466 e. The van der Waals surface area contributed by atoms with Crippen LogP contribution in [0.15, 0.2) is 36.4 Å². The van der Waals surface area contributed by atoms with Crippen molar-refractivity contribution in [3.05, 3.63) is 47.5 Å². The lowest BCUT2D eigenvalue weighted by atomic mass is 10.0. The Kier molecular flexibility index (Phi) is 11.0. The van der Waals surface area contributed by atoms with E-state index in [9.17, 15) is 14.4 Å². The van der Waals surface area contributed by atoms with Crippen LogP contribution in [0.2, 0.25) is 0 Å². The molecule has 1 aliphatic rings. The molecule has 1 fully saturated rings. The fraction of sp³-hybridized carbons (Fsp3) is 0.560. The number of rotatable bonds is 14. The van der Waals surface area contributed by atoms with E-state index in [4.69, 9.17) is 9.47 Å². The molecule has 1 aliphatic heterocycles. The standard InChI is InChI=1S/C25H35NO5/c1-3-31-25(29)11-6-4-5-7-16-26-22(13-15-24(26)28)12-14-23(27)18-20-9-8-10-21(17-20)19-30-2/h8-10,12,14,17,22H,3-7,11,13,15-16,18-19H2,1-2H3/b14-12+/t22-/m1/s1. The highest BCUT2D eigenvalue weighted by atomic mass is 16.5. The minimum atomic E-state index is -0.141. The third kappa shape index (κ3) is 9.05. The first kappa shape index (κ1) is 24.8. The van der Waals surface area contributed by atoms with E-state index in [-0.39, 0.29) is 23.7 Å². The zero-order chi connectivity index (χ0) is 22.5. The number of hydrogen-bond donors (Lipinski definition) is 0. The van der Waals surface area contributed by atoms with Gasteiger partial charge in [-0.3, -0.25) is 14.4 Å². The Morgan fingerprint density at radius 1 is 1.16 bits per heavy atom. The van der Waals surface area contributed by atoms with Gasteiger partial charge in [0.2, 0.25) is 5.91 Å². The van der Waals surface area contributed by atoms with Crippen LogP contribution in [-0.4, -0.2) is 48.9 Å². The molecule has 1 aromatic rings. The summed E-state index contributed by atoms with van der Waals surface area (Å²) in [4.78, 5) is 37.9. The molecule has 0 aromatic heterocycles. The van der Waals surface area contributed by atoms with Crippen LogP contribution in [0.4, 0.5) is 0 Å². The fourth-order valence-corrected chi connectivity index (χ4v) is 3.86. The number of nitrogens with zero attached hydrogens (tertiary/aromatic N) is 1. The maximum absolute atomic E-state index is 12.4. The minimum absolute atomic E-state index is 0.00388. The summed E-state index contributed by atoms with van der Waals surface area (Å²) in [6.45, 7) is 3.46. The van der Waals surface area contributed by atoms with Gasteiger partial charge in [-0.1, -0.05) is 43.2 Å². The summed E-state index contributed by atoms with van der Waals surface area (Å²) in [5.41, 5.74) is 2.01. The van der Waals surface area contributed by atoms with Crippen molar-refractivity contribution in [1.29, 1.82) is 0 Å². The maximum Gasteiger partial charge on any atom is 0.305 e. The third-order valence-electron chi connectivity index (χ3n) is 5.39. The summed E-state index contributed by atoms with van der Waals surface area (Å²) < 4.78 is 10.1. The summed E-state index contributed by atoms with van der Waals surface area (Å²) in [7, 11) is 1.65. The number of hydrogen-bond acceptors (Lipinski definition) is 5. The van der Waals surface area contributed by atoms with E-state index in [1.165, 1.54) is 0 Å². The van der Waals surface area contributed by atoms with Crippen LogP contribution in [0, 0.1) is 0 Å². The molecule has 0 bridgehead atoms. The van der Waals surface area contributed by atoms with Crippen LogP contribution in [-0.2, 0) is 36.9 Å². The smallest absolute Gasteiger partial charge is 0.305 e. The van der Waals surface area contributed by atoms with Gasteiger partial charge >= 0.3 is 5.97 Å². The summed E-state index contributed by atoms with van der Waals surface area (Å²) in [6, 6.07) is 7.84. The molecule has 0 N–H and O–H groups in total. The molecule has 0 radical (unpaired) electrons. The van der Waals surface area contributed by atoms with E-state index in [1.807, 2.05) is 42.2 Å². The van der Waals surface area contributed by atoms with Crippen LogP contribution < -0.4 is 0 Å². The van der Waals surface area contributed by atoms with E-state index < -0.39 is 0 Å². The molecule has 0 saturated carbocycles. The van der Waals surface area contributed by atoms with Crippen molar-refractivity contribution >= 4 is 17.7 Å². The van der Waals surface area contributed by atoms with Crippen molar-refractivity contribution in [2.75, 3.05) is 20.3 Å². The summed E-state index contributed by atoms with van der Waals surface area (Å²) >= 11 is 0. The minimum Gasteiger partial charge on any atom is -0.466 e. The Morgan fingerprint density at radius 2 is 1.94 bits per heavy atom. The number of benzene rings is 1. The molecule has 1 aromatic carbocycles. The second kappa shape index (κ2) is 13.8. The first-order valence-electron chi connectivity index (χ1n) is 11.3. The predicted molar refractivity (Wildman–Crippen MR) is 119 cm³/mol. The maximum atomic E-state index is 12.4. The number of ether oxygens (including phenoxy) is 2. The number of likely N-dealkylation sites (tertiary alicyclic amines) is 1. The van der Waals surface area contributed by atoms with Gasteiger partial charge in [-0.05, 0) is 43.4 Å². The van der Waals surface area contributed by atoms with Crippen molar-refractivity contribution < 1.29 is 23.9 Å². The Balaban J connectivity index is 1.75. The Bertz CT molecular complexity index is 758. The highest BCUT2D eigenvalue weighted by molar-refractivity contribution is 5.91. The van der Waals surface area contributed by atoms with Gasteiger partial charge in [0.05, 0.1) is 19.3 Å². The Labute approximate surface area is 185 Å². The Morgan fingerprint density at radius 3 is 2.71 bits per heavy atom. The third-order valence-corrected chi connectivity index (χ3v) is 5.39. The van der Waals surface area contributed by atoms with Gasteiger partial charge < -0.3 is 14.4 Å². The van der Waals surface area contributed by atoms with Crippen LogP contribution in [0.5, 0.6) is 0 Å². The molecule has 0 aliphatic carbocycles. The van der Waals surface area contributed by atoms with Crippen LogP contribution in [0.3, 0.4) is 0 Å². The van der Waals surface area contributed by atoms with Gasteiger partial charge in [0.1, 0.15) is 0 Å². The van der Waals surface area contributed by atoms with Gasteiger partial charge in [0, 0.05) is 32.9 Å². The van der Waals surface area contributed by atoms with Crippen molar-refractivity contribution in [3.63, 3.8) is 0 Å². The first-order chi connectivity index (χ1) is 15.0. The lowest BCUT2D eigenvalue weighted by Crippen LogP contribution is -2.32. The molecular formula is C25H35NO5. The number of esters is 1. The zero-order valence-corrected chi connectivity index (χ0v) is 18.8. The lowest BCUT2D eigenvalue weighted by molar-refractivity contribution is -0.143. The average molecular weight is 430 g/mol. The number of ketones is 1. The first-order valence-corrected chi connectivity index (χ1v) is 11.3. The molecule has 1 heterocycles. The van der Waals surface area contributed by atoms with Crippen molar-refractivity contribution in [1.82, 2.24) is 4.90 Å². The van der Waals surface area contributed by atoms with Crippen molar-refractivity contribution in [2.24, 2.45) is 0 Å². The lowest BCUT2D eigenvalue weighted by Gasteiger charge is -2.22. The fourth-order valence-electron chi connectivity index (χ4n) is 3.86. The summed E-state index contributed by atoms with van der Waals surface area (Å²) in [5.74, 6) is 0.0474. The topological polar surface area (TPSA) is 72.9 Å². The van der Waals surface area contributed by atoms with Gasteiger partial charge in [-0.2, -0.15) is 0 Å². The molecule has 1 amide bonds. The second-order valence-electron chi connectivity index (χ2n) is 7.92.